The fourth-order valence-electron chi connectivity index (χ4n) is 1.32. The highest BCUT2D eigenvalue weighted by Crippen LogP contribution is 2.08. The Hall–Kier alpha value is -1.07. The SMILES string of the molecule is CC(CO)SCC(=O)NCCc1ccc(F)cc1. The highest BCUT2D eigenvalue weighted by atomic mass is 32.2. The van der Waals surface area contributed by atoms with Crippen LogP contribution in [0.5, 0.6) is 0 Å². The summed E-state index contributed by atoms with van der Waals surface area (Å²) in [7, 11) is 0. The monoisotopic (exact) mass is 271 g/mol. The van der Waals surface area contributed by atoms with Crippen LogP contribution in [-0.2, 0) is 11.2 Å². The summed E-state index contributed by atoms with van der Waals surface area (Å²) >= 11 is 1.42. The lowest BCUT2D eigenvalue weighted by Crippen LogP contribution is -2.28. The van der Waals surface area contributed by atoms with E-state index in [-0.39, 0.29) is 23.6 Å². The van der Waals surface area contributed by atoms with E-state index in [1.165, 1.54) is 23.9 Å². The molecule has 1 atom stereocenters. The minimum Gasteiger partial charge on any atom is -0.395 e. The molecule has 0 aliphatic heterocycles. The Labute approximate surface area is 111 Å². The number of amides is 1. The summed E-state index contributed by atoms with van der Waals surface area (Å²) < 4.78 is 12.7. The van der Waals surface area contributed by atoms with Crippen molar-refractivity contribution >= 4 is 17.7 Å². The zero-order chi connectivity index (χ0) is 13.4. The van der Waals surface area contributed by atoms with Gasteiger partial charge in [-0.2, -0.15) is 0 Å². The largest absolute Gasteiger partial charge is 0.395 e. The molecule has 0 aliphatic carbocycles. The second-order valence-electron chi connectivity index (χ2n) is 4.03. The molecule has 5 heteroatoms. The van der Waals surface area contributed by atoms with E-state index in [0.717, 1.165) is 5.56 Å². The summed E-state index contributed by atoms with van der Waals surface area (Å²) in [6, 6.07) is 6.25. The van der Waals surface area contributed by atoms with Crippen LogP contribution in [0.4, 0.5) is 4.39 Å². The third kappa shape index (κ3) is 6.02. The summed E-state index contributed by atoms with van der Waals surface area (Å²) in [6.45, 7) is 2.49. The minimum atomic E-state index is -0.253. The fraction of sp³-hybridized carbons (Fsp3) is 0.462. The Kier molecular flexibility index (Phi) is 6.75. The first kappa shape index (κ1) is 15.0. The van der Waals surface area contributed by atoms with Crippen LogP contribution in [0, 0.1) is 5.82 Å². The van der Waals surface area contributed by atoms with Gasteiger partial charge >= 0.3 is 0 Å². The third-order valence-electron chi connectivity index (χ3n) is 2.41. The molecule has 1 amide bonds. The first-order chi connectivity index (χ1) is 8.61. The van der Waals surface area contributed by atoms with Crippen molar-refractivity contribution in [3.8, 4) is 0 Å². The highest BCUT2D eigenvalue weighted by molar-refractivity contribution is 8.00. The molecule has 0 fully saturated rings. The van der Waals surface area contributed by atoms with Crippen LogP contribution < -0.4 is 5.32 Å². The van der Waals surface area contributed by atoms with E-state index in [2.05, 4.69) is 5.32 Å². The van der Waals surface area contributed by atoms with Gasteiger partial charge in [0.2, 0.25) is 5.91 Å². The van der Waals surface area contributed by atoms with E-state index >= 15 is 0 Å². The molecule has 3 nitrogen and oxygen atoms in total. The molecule has 2 N–H and O–H groups in total. The molecule has 0 aromatic heterocycles. The standard InChI is InChI=1S/C13H18FNO2S/c1-10(8-16)18-9-13(17)15-7-6-11-2-4-12(14)5-3-11/h2-5,10,16H,6-9H2,1H3,(H,15,17). The number of benzene rings is 1. The predicted octanol–water partition coefficient (Wildman–Crippen LogP) is 1.60. The molecule has 0 saturated heterocycles. The van der Waals surface area contributed by atoms with Crippen molar-refractivity contribution in [2.75, 3.05) is 18.9 Å². The molecule has 0 radical (unpaired) electrons. The van der Waals surface area contributed by atoms with Gasteiger partial charge < -0.3 is 10.4 Å². The predicted molar refractivity (Wildman–Crippen MR) is 72.1 cm³/mol. The lowest BCUT2D eigenvalue weighted by molar-refractivity contribution is -0.118. The van der Waals surface area contributed by atoms with Gasteiger partial charge in [-0.15, -0.1) is 11.8 Å². The fourth-order valence-corrected chi connectivity index (χ4v) is 1.96. The Morgan fingerprint density at radius 2 is 2.11 bits per heavy atom. The molecular formula is C13H18FNO2S. The van der Waals surface area contributed by atoms with Gasteiger partial charge in [0.25, 0.3) is 0 Å². The Morgan fingerprint density at radius 1 is 1.44 bits per heavy atom. The summed E-state index contributed by atoms with van der Waals surface area (Å²) in [6.07, 6.45) is 0.687. The van der Waals surface area contributed by atoms with Gasteiger partial charge in [-0.05, 0) is 24.1 Å². The normalized spacial score (nSPS) is 12.2. The molecule has 1 unspecified atom stereocenters. The second-order valence-corrected chi connectivity index (χ2v) is 5.46. The smallest absolute Gasteiger partial charge is 0.230 e. The first-order valence-electron chi connectivity index (χ1n) is 5.85. The van der Waals surface area contributed by atoms with Crippen molar-refractivity contribution in [2.24, 2.45) is 0 Å². The lowest BCUT2D eigenvalue weighted by Gasteiger charge is -2.08. The lowest BCUT2D eigenvalue weighted by atomic mass is 10.1. The Bertz CT molecular complexity index is 370. The van der Waals surface area contributed by atoms with Crippen molar-refractivity contribution in [1.29, 1.82) is 0 Å². The summed E-state index contributed by atoms with van der Waals surface area (Å²) in [4.78, 5) is 11.4. The molecule has 0 saturated carbocycles. The Balaban J connectivity index is 2.17. The van der Waals surface area contributed by atoms with Gasteiger partial charge in [0.05, 0.1) is 12.4 Å². The van der Waals surface area contributed by atoms with E-state index in [1.807, 2.05) is 6.92 Å². The van der Waals surface area contributed by atoms with Gasteiger partial charge in [-0.25, -0.2) is 4.39 Å². The molecule has 1 rings (SSSR count). The van der Waals surface area contributed by atoms with E-state index in [1.54, 1.807) is 12.1 Å². The quantitative estimate of drug-likeness (QED) is 0.792. The number of carbonyl (C=O) groups is 1. The van der Waals surface area contributed by atoms with E-state index < -0.39 is 0 Å². The Morgan fingerprint density at radius 3 is 2.72 bits per heavy atom. The van der Waals surface area contributed by atoms with Crippen molar-refractivity contribution in [3.05, 3.63) is 35.6 Å². The van der Waals surface area contributed by atoms with Crippen LogP contribution >= 0.6 is 11.8 Å². The van der Waals surface area contributed by atoms with Crippen molar-refractivity contribution < 1.29 is 14.3 Å². The van der Waals surface area contributed by atoms with E-state index in [4.69, 9.17) is 5.11 Å². The molecule has 1 aromatic rings. The highest BCUT2D eigenvalue weighted by Gasteiger charge is 2.05. The van der Waals surface area contributed by atoms with Gasteiger partial charge in [0, 0.05) is 11.8 Å². The maximum atomic E-state index is 12.7. The number of thioether (sulfide) groups is 1. The number of halogens is 1. The van der Waals surface area contributed by atoms with Crippen LogP contribution in [0.15, 0.2) is 24.3 Å². The molecule has 0 spiro atoms. The van der Waals surface area contributed by atoms with Gasteiger partial charge in [0.1, 0.15) is 5.82 Å². The minimum absolute atomic E-state index is 0.0394. The number of aliphatic hydroxyl groups is 1. The van der Waals surface area contributed by atoms with Crippen molar-refractivity contribution in [2.45, 2.75) is 18.6 Å². The maximum absolute atomic E-state index is 12.7. The van der Waals surface area contributed by atoms with Crippen LogP contribution in [0.3, 0.4) is 0 Å². The third-order valence-corrected chi connectivity index (χ3v) is 3.55. The number of hydrogen-bond acceptors (Lipinski definition) is 3. The maximum Gasteiger partial charge on any atom is 0.230 e. The molecule has 0 bridgehead atoms. The number of carbonyl (C=O) groups excluding carboxylic acids is 1. The molecule has 1 aromatic carbocycles. The molecule has 100 valence electrons. The molecule has 0 heterocycles. The van der Waals surface area contributed by atoms with Crippen molar-refractivity contribution in [1.82, 2.24) is 5.32 Å². The molecule has 18 heavy (non-hydrogen) atoms. The number of hydrogen-bond donors (Lipinski definition) is 2. The van der Waals surface area contributed by atoms with E-state index in [9.17, 15) is 9.18 Å². The van der Waals surface area contributed by atoms with Gasteiger partial charge in [-0.1, -0.05) is 19.1 Å². The molecular weight excluding hydrogens is 253 g/mol. The second kappa shape index (κ2) is 8.11. The first-order valence-corrected chi connectivity index (χ1v) is 6.90. The number of nitrogens with one attached hydrogen (secondary N) is 1. The summed E-state index contributed by atoms with van der Waals surface area (Å²) in [5.74, 6) is 0.0603. The summed E-state index contributed by atoms with van der Waals surface area (Å²) in [5.41, 5.74) is 0.994. The van der Waals surface area contributed by atoms with Gasteiger partial charge in [0.15, 0.2) is 0 Å². The topological polar surface area (TPSA) is 49.3 Å². The average molecular weight is 271 g/mol. The van der Waals surface area contributed by atoms with Crippen LogP contribution in [0.25, 0.3) is 0 Å². The van der Waals surface area contributed by atoms with Crippen LogP contribution in [-0.4, -0.2) is 35.2 Å². The van der Waals surface area contributed by atoms with Crippen molar-refractivity contribution in [3.63, 3.8) is 0 Å². The zero-order valence-electron chi connectivity index (χ0n) is 10.4. The van der Waals surface area contributed by atoms with Crippen LogP contribution in [0.1, 0.15) is 12.5 Å². The van der Waals surface area contributed by atoms with Crippen LogP contribution in [0.2, 0.25) is 0 Å². The average Bonchev–Trinajstić information content (AvgIpc) is 2.38. The van der Waals surface area contributed by atoms with Gasteiger partial charge in [-0.3, -0.25) is 4.79 Å². The number of rotatable bonds is 7. The molecule has 0 aliphatic rings. The van der Waals surface area contributed by atoms with E-state index in [0.29, 0.717) is 18.7 Å². The number of aliphatic hydroxyl groups excluding tert-OH is 1. The summed E-state index contributed by atoms with van der Waals surface area (Å²) in [5, 5.41) is 11.7. The zero-order valence-corrected chi connectivity index (χ0v) is 11.2.